The van der Waals surface area contributed by atoms with E-state index in [9.17, 15) is 4.79 Å². The quantitative estimate of drug-likeness (QED) is 0.574. The fourth-order valence-electron chi connectivity index (χ4n) is 4.54. The highest BCUT2D eigenvalue weighted by atomic mass is 16.1. The summed E-state index contributed by atoms with van der Waals surface area (Å²) in [5, 5.41) is 0. The summed E-state index contributed by atoms with van der Waals surface area (Å²) in [5.74, 6) is -0.395. The number of benzene rings is 1. The maximum Gasteiger partial charge on any atom is 0.248 e. The van der Waals surface area contributed by atoms with Crippen LogP contribution in [0, 0.1) is 6.92 Å². The van der Waals surface area contributed by atoms with Gasteiger partial charge in [0.1, 0.15) is 0 Å². The first-order valence-corrected chi connectivity index (χ1v) is 11.0. The van der Waals surface area contributed by atoms with Gasteiger partial charge in [-0.25, -0.2) is 0 Å². The van der Waals surface area contributed by atoms with Gasteiger partial charge < -0.3 is 5.73 Å². The Kier molecular flexibility index (Phi) is 6.91. The molecule has 158 valence electrons. The van der Waals surface area contributed by atoms with Crippen molar-refractivity contribution in [2.45, 2.75) is 71.6 Å². The first-order valence-electron chi connectivity index (χ1n) is 11.0. The van der Waals surface area contributed by atoms with E-state index >= 15 is 0 Å². The number of nitrogens with two attached hydrogens (primary N) is 1. The van der Waals surface area contributed by atoms with Crippen LogP contribution in [0.2, 0.25) is 0 Å². The summed E-state index contributed by atoms with van der Waals surface area (Å²) < 4.78 is 0. The van der Waals surface area contributed by atoms with Gasteiger partial charge in [0.2, 0.25) is 5.91 Å². The lowest BCUT2D eigenvalue weighted by Gasteiger charge is -2.35. The molecule has 0 aromatic heterocycles. The normalized spacial score (nSPS) is 19.7. The lowest BCUT2D eigenvalue weighted by Crippen LogP contribution is -2.26. The molecule has 0 radical (unpaired) electrons. The Morgan fingerprint density at radius 3 is 2.43 bits per heavy atom. The van der Waals surface area contributed by atoms with E-state index in [4.69, 9.17) is 10.7 Å². The van der Waals surface area contributed by atoms with Gasteiger partial charge >= 0.3 is 0 Å². The van der Waals surface area contributed by atoms with E-state index in [2.05, 4.69) is 45.0 Å². The molecule has 0 spiro atoms. The summed E-state index contributed by atoms with van der Waals surface area (Å²) in [5.41, 5.74) is 13.4. The van der Waals surface area contributed by atoms with Crippen molar-refractivity contribution < 1.29 is 4.79 Å². The van der Waals surface area contributed by atoms with Crippen molar-refractivity contribution in [3.8, 4) is 0 Å². The molecule has 0 heterocycles. The number of amides is 1. The van der Waals surface area contributed by atoms with Crippen LogP contribution in [0.3, 0.4) is 0 Å². The van der Waals surface area contributed by atoms with Gasteiger partial charge in [-0.15, -0.1) is 0 Å². The van der Waals surface area contributed by atoms with Gasteiger partial charge in [-0.2, -0.15) is 0 Å². The largest absolute Gasteiger partial charge is 0.366 e. The molecule has 1 aromatic carbocycles. The van der Waals surface area contributed by atoms with E-state index in [1.807, 2.05) is 25.3 Å². The third-order valence-corrected chi connectivity index (χ3v) is 6.57. The molecule has 1 amide bonds. The minimum Gasteiger partial charge on any atom is -0.366 e. The van der Waals surface area contributed by atoms with Gasteiger partial charge in [0.15, 0.2) is 0 Å². The molecule has 3 rings (SSSR count). The summed E-state index contributed by atoms with van der Waals surface area (Å²) >= 11 is 0. The molecule has 0 aliphatic heterocycles. The summed E-state index contributed by atoms with van der Waals surface area (Å²) in [7, 11) is 0. The maximum atomic E-state index is 11.4. The first-order chi connectivity index (χ1) is 14.3. The highest BCUT2D eigenvalue weighted by molar-refractivity contribution is 6.02. The van der Waals surface area contributed by atoms with Crippen LogP contribution in [0.1, 0.15) is 76.0 Å². The summed E-state index contributed by atoms with van der Waals surface area (Å²) in [4.78, 5) is 16.1. The molecular weight excluding hydrogens is 368 g/mol. The van der Waals surface area contributed by atoms with Crippen LogP contribution >= 0.6 is 0 Å². The number of carbonyl (C=O) groups excluding carboxylic acids is 1. The van der Waals surface area contributed by atoms with Crippen LogP contribution in [-0.4, -0.2) is 11.6 Å². The number of allylic oxidation sites excluding steroid dienone is 5. The third-order valence-electron chi connectivity index (χ3n) is 6.57. The number of aliphatic imine (C=N–C) groups is 1. The Morgan fingerprint density at radius 1 is 1.07 bits per heavy atom. The van der Waals surface area contributed by atoms with Crippen LogP contribution in [0.25, 0.3) is 5.57 Å². The van der Waals surface area contributed by atoms with Gasteiger partial charge in [-0.1, -0.05) is 62.6 Å². The summed E-state index contributed by atoms with van der Waals surface area (Å²) in [6, 6.07) is 6.84. The van der Waals surface area contributed by atoms with Crippen LogP contribution in [0.5, 0.6) is 0 Å². The zero-order valence-electron chi connectivity index (χ0n) is 18.8. The van der Waals surface area contributed by atoms with Crippen molar-refractivity contribution in [3.63, 3.8) is 0 Å². The maximum absolute atomic E-state index is 11.4. The summed E-state index contributed by atoms with van der Waals surface area (Å²) in [6.07, 6.45) is 16.8. The predicted molar refractivity (Wildman–Crippen MR) is 127 cm³/mol. The second kappa shape index (κ2) is 9.42. The number of hydrogen-bond donors (Lipinski definition) is 1. The number of hydrogen-bond acceptors (Lipinski definition) is 2. The van der Waals surface area contributed by atoms with E-state index in [1.54, 1.807) is 6.08 Å². The second-order valence-electron chi connectivity index (χ2n) is 8.93. The highest BCUT2D eigenvalue weighted by Crippen LogP contribution is 2.41. The minimum absolute atomic E-state index is 0.291. The van der Waals surface area contributed by atoms with Crippen LogP contribution in [0.4, 0.5) is 0 Å². The van der Waals surface area contributed by atoms with Crippen molar-refractivity contribution in [1.29, 1.82) is 0 Å². The highest BCUT2D eigenvalue weighted by Gasteiger charge is 2.30. The molecule has 0 atom stereocenters. The van der Waals surface area contributed by atoms with E-state index in [-0.39, 0.29) is 0 Å². The molecular formula is C27H34N2O. The fraction of sp³-hybridized carbons (Fsp3) is 0.407. The molecule has 2 N–H and O–H groups in total. The molecule has 2 aliphatic rings. The van der Waals surface area contributed by atoms with E-state index < -0.39 is 5.91 Å². The Hall–Kier alpha value is -2.68. The molecule has 30 heavy (non-hydrogen) atoms. The monoisotopic (exact) mass is 402 g/mol. The Balaban J connectivity index is 1.82. The van der Waals surface area contributed by atoms with E-state index in [1.165, 1.54) is 48.8 Å². The lowest BCUT2D eigenvalue weighted by atomic mass is 9.69. The van der Waals surface area contributed by atoms with Gasteiger partial charge in [-0.05, 0) is 79.4 Å². The second-order valence-corrected chi connectivity index (χ2v) is 8.93. The minimum atomic E-state index is -0.395. The van der Waals surface area contributed by atoms with Gasteiger partial charge in [-0.3, -0.25) is 9.79 Å². The van der Waals surface area contributed by atoms with Crippen molar-refractivity contribution in [1.82, 2.24) is 0 Å². The standard InChI is InChI=1S/C27H34N2O/c1-19-11-12-24(17-25(19)27(4)15-6-5-7-16-27)20(2)18-29-21(3)22-9-8-10-23(14-13-22)26(28)30/h9-14,17-18H,5-8,15-16H2,1-4H3,(H2,28,30)/b20-18+,29-21?. The van der Waals surface area contributed by atoms with E-state index in [0.717, 1.165) is 16.9 Å². The SMILES string of the molecule is CC(=N/C=C(\C)c1ccc(C)c(C2(C)CCCCC2)c1)C1=CCC=C(C(N)=O)C=C1. The van der Waals surface area contributed by atoms with Gasteiger partial charge in [0.25, 0.3) is 0 Å². The molecule has 0 unspecified atom stereocenters. The van der Waals surface area contributed by atoms with Crippen molar-refractivity contribution in [2.75, 3.05) is 0 Å². The zero-order chi connectivity index (χ0) is 21.7. The number of carbonyl (C=O) groups is 1. The fourth-order valence-corrected chi connectivity index (χ4v) is 4.54. The molecule has 1 aromatic rings. The van der Waals surface area contributed by atoms with Gasteiger partial charge in [0, 0.05) is 17.5 Å². The average molecular weight is 403 g/mol. The predicted octanol–water partition coefficient (Wildman–Crippen LogP) is 6.34. The number of primary amides is 1. The lowest BCUT2D eigenvalue weighted by molar-refractivity contribution is -0.114. The van der Waals surface area contributed by atoms with Crippen molar-refractivity contribution in [2.24, 2.45) is 10.7 Å². The molecule has 2 aliphatic carbocycles. The average Bonchev–Trinajstić information content (AvgIpc) is 2.99. The topological polar surface area (TPSA) is 55.4 Å². The smallest absolute Gasteiger partial charge is 0.248 e. The zero-order valence-corrected chi connectivity index (χ0v) is 18.8. The number of rotatable bonds is 5. The molecule has 1 saturated carbocycles. The van der Waals surface area contributed by atoms with E-state index in [0.29, 0.717) is 17.4 Å². The van der Waals surface area contributed by atoms with Gasteiger partial charge in [0.05, 0.1) is 0 Å². The van der Waals surface area contributed by atoms with Crippen LogP contribution in [0.15, 0.2) is 64.8 Å². The molecule has 3 nitrogen and oxygen atoms in total. The van der Waals surface area contributed by atoms with Crippen molar-refractivity contribution >= 4 is 17.2 Å². The summed E-state index contributed by atoms with van der Waals surface area (Å²) in [6.45, 7) is 8.79. The first kappa shape index (κ1) is 22.0. The molecule has 1 fully saturated rings. The molecule has 0 saturated heterocycles. The van der Waals surface area contributed by atoms with Crippen LogP contribution < -0.4 is 5.73 Å². The Bertz CT molecular complexity index is 967. The third kappa shape index (κ3) is 5.08. The van der Waals surface area contributed by atoms with Crippen LogP contribution in [-0.2, 0) is 10.2 Å². The molecule has 3 heteroatoms. The van der Waals surface area contributed by atoms with Crippen molar-refractivity contribution in [3.05, 3.63) is 76.5 Å². The Morgan fingerprint density at radius 2 is 1.73 bits per heavy atom. The molecule has 0 bridgehead atoms. The number of nitrogens with zero attached hydrogens (tertiary/aromatic N) is 1. The number of aryl methyl sites for hydroxylation is 1. The Labute approximate surface area is 181 Å².